The molecule has 3 rings (SSSR count). The van der Waals surface area contributed by atoms with Gasteiger partial charge < -0.3 is 14.8 Å². The van der Waals surface area contributed by atoms with E-state index in [-0.39, 0.29) is 6.04 Å². The molecule has 0 radical (unpaired) electrons. The van der Waals surface area contributed by atoms with E-state index >= 15 is 0 Å². The Morgan fingerprint density at radius 1 is 1.09 bits per heavy atom. The second-order valence-corrected chi connectivity index (χ2v) is 6.45. The monoisotopic (exact) mass is 351 g/mol. The van der Waals surface area contributed by atoms with E-state index in [0.717, 1.165) is 36.4 Å². The number of fused-ring (bicyclic) bond motifs is 1. The van der Waals surface area contributed by atoms with Gasteiger partial charge in [0.25, 0.3) is 0 Å². The van der Waals surface area contributed by atoms with Crippen LogP contribution in [0.5, 0.6) is 11.5 Å². The first-order chi connectivity index (χ1) is 11.1. The highest BCUT2D eigenvalue weighted by Gasteiger charge is 2.23. The van der Waals surface area contributed by atoms with Gasteiger partial charge in [-0.1, -0.05) is 29.3 Å². The van der Waals surface area contributed by atoms with Gasteiger partial charge in [-0.05, 0) is 60.3 Å². The maximum atomic E-state index is 6.33. The minimum Gasteiger partial charge on any atom is -0.493 e. The fourth-order valence-electron chi connectivity index (χ4n) is 3.06. The molecule has 3 nitrogen and oxygen atoms in total. The quantitative estimate of drug-likeness (QED) is 0.883. The predicted molar refractivity (Wildman–Crippen MR) is 94.2 cm³/mol. The van der Waals surface area contributed by atoms with Gasteiger partial charge in [-0.15, -0.1) is 0 Å². The van der Waals surface area contributed by atoms with E-state index in [1.54, 1.807) is 20.3 Å². The summed E-state index contributed by atoms with van der Waals surface area (Å²) in [4.78, 5) is 0. The van der Waals surface area contributed by atoms with Crippen LogP contribution in [0.15, 0.2) is 30.3 Å². The number of ether oxygens (including phenoxy) is 2. The minimum absolute atomic E-state index is 0.192. The van der Waals surface area contributed by atoms with E-state index in [1.807, 2.05) is 12.1 Å². The Bertz CT molecular complexity index is 718. The molecular formula is C18H19Cl2NO2. The zero-order valence-corrected chi connectivity index (χ0v) is 14.7. The molecule has 0 spiro atoms. The molecule has 0 amide bonds. The largest absolute Gasteiger partial charge is 0.493 e. The molecule has 122 valence electrons. The van der Waals surface area contributed by atoms with Crippen molar-refractivity contribution in [3.05, 3.63) is 57.1 Å². The summed E-state index contributed by atoms with van der Waals surface area (Å²) in [6.07, 6.45) is 1.78. The van der Waals surface area contributed by atoms with Crippen LogP contribution >= 0.6 is 23.2 Å². The second kappa shape index (κ2) is 7.00. The molecule has 1 N–H and O–H groups in total. The van der Waals surface area contributed by atoms with Gasteiger partial charge in [0.2, 0.25) is 0 Å². The van der Waals surface area contributed by atoms with Crippen molar-refractivity contribution in [2.24, 2.45) is 0 Å². The lowest BCUT2D eigenvalue weighted by Crippen LogP contribution is -2.31. The Morgan fingerprint density at radius 3 is 2.52 bits per heavy atom. The summed E-state index contributed by atoms with van der Waals surface area (Å²) in [6.45, 7) is 0.929. The van der Waals surface area contributed by atoms with Crippen molar-refractivity contribution in [2.45, 2.75) is 18.9 Å². The first kappa shape index (κ1) is 16.4. The van der Waals surface area contributed by atoms with Gasteiger partial charge in [-0.2, -0.15) is 0 Å². The van der Waals surface area contributed by atoms with Crippen LogP contribution in [-0.2, 0) is 12.8 Å². The number of benzene rings is 2. The first-order valence-electron chi connectivity index (χ1n) is 7.54. The second-order valence-electron chi connectivity index (χ2n) is 5.60. The third-order valence-corrected chi connectivity index (χ3v) is 4.83. The van der Waals surface area contributed by atoms with E-state index < -0.39 is 0 Å². The lowest BCUT2D eigenvalue weighted by Gasteiger charge is -2.28. The summed E-state index contributed by atoms with van der Waals surface area (Å²) in [6, 6.07) is 9.98. The van der Waals surface area contributed by atoms with Crippen LogP contribution in [0.4, 0.5) is 0 Å². The standard InChI is InChI=1S/C18H19Cl2NO2/c1-22-17-8-11-5-6-21-16(14(11)10-18(17)23-2)7-12-3-4-13(19)9-15(12)20/h3-4,8-10,16,21H,5-7H2,1-2H3. The summed E-state index contributed by atoms with van der Waals surface area (Å²) in [5.41, 5.74) is 3.60. The van der Waals surface area contributed by atoms with Crippen LogP contribution in [0.1, 0.15) is 22.7 Å². The van der Waals surface area contributed by atoms with Crippen molar-refractivity contribution in [3.8, 4) is 11.5 Å². The predicted octanol–water partition coefficient (Wildman–Crippen LogP) is 4.44. The number of methoxy groups -OCH3 is 2. The summed E-state index contributed by atoms with van der Waals surface area (Å²) >= 11 is 12.3. The van der Waals surface area contributed by atoms with Crippen LogP contribution in [-0.4, -0.2) is 20.8 Å². The molecule has 0 fully saturated rings. The van der Waals surface area contributed by atoms with Crippen LogP contribution in [0.25, 0.3) is 0 Å². The Labute approximate surface area is 146 Å². The first-order valence-corrected chi connectivity index (χ1v) is 8.30. The molecule has 5 heteroatoms. The average molecular weight is 352 g/mol. The van der Waals surface area contributed by atoms with Gasteiger partial charge in [0.05, 0.1) is 14.2 Å². The van der Waals surface area contributed by atoms with Crippen molar-refractivity contribution in [1.82, 2.24) is 5.32 Å². The normalized spacial score (nSPS) is 16.8. The maximum Gasteiger partial charge on any atom is 0.161 e. The van der Waals surface area contributed by atoms with Crippen molar-refractivity contribution >= 4 is 23.2 Å². The van der Waals surface area contributed by atoms with Crippen molar-refractivity contribution in [1.29, 1.82) is 0 Å². The highest BCUT2D eigenvalue weighted by Crippen LogP contribution is 2.37. The van der Waals surface area contributed by atoms with E-state index in [1.165, 1.54) is 11.1 Å². The Morgan fingerprint density at radius 2 is 1.83 bits per heavy atom. The Hall–Kier alpha value is -1.42. The summed E-state index contributed by atoms with van der Waals surface area (Å²) in [7, 11) is 3.32. The van der Waals surface area contributed by atoms with E-state index in [2.05, 4.69) is 17.4 Å². The zero-order chi connectivity index (χ0) is 16.4. The minimum atomic E-state index is 0.192. The molecule has 0 saturated heterocycles. The number of rotatable bonds is 4. The lowest BCUT2D eigenvalue weighted by atomic mass is 9.90. The Balaban J connectivity index is 1.94. The van der Waals surface area contributed by atoms with Gasteiger partial charge >= 0.3 is 0 Å². The fourth-order valence-corrected chi connectivity index (χ4v) is 3.54. The molecule has 1 atom stereocenters. The molecule has 0 aromatic heterocycles. The molecule has 1 heterocycles. The lowest BCUT2D eigenvalue weighted by molar-refractivity contribution is 0.352. The summed E-state index contributed by atoms with van der Waals surface area (Å²) in [5, 5.41) is 4.92. The van der Waals surface area contributed by atoms with Crippen LogP contribution in [0, 0.1) is 0 Å². The molecule has 0 bridgehead atoms. The van der Waals surface area contributed by atoms with Crippen molar-refractivity contribution < 1.29 is 9.47 Å². The third-order valence-electron chi connectivity index (χ3n) is 4.25. The smallest absolute Gasteiger partial charge is 0.161 e. The molecule has 2 aromatic carbocycles. The molecule has 1 aliphatic rings. The van der Waals surface area contributed by atoms with Crippen LogP contribution in [0.2, 0.25) is 10.0 Å². The van der Waals surface area contributed by atoms with Crippen LogP contribution < -0.4 is 14.8 Å². The van der Waals surface area contributed by atoms with Gasteiger partial charge in [0.1, 0.15) is 0 Å². The molecule has 1 aliphatic heterocycles. The van der Waals surface area contributed by atoms with Gasteiger partial charge in [-0.25, -0.2) is 0 Å². The van der Waals surface area contributed by atoms with E-state index in [9.17, 15) is 0 Å². The van der Waals surface area contributed by atoms with Gasteiger partial charge in [0, 0.05) is 16.1 Å². The van der Waals surface area contributed by atoms with E-state index in [0.29, 0.717) is 10.0 Å². The topological polar surface area (TPSA) is 30.5 Å². The summed E-state index contributed by atoms with van der Waals surface area (Å²) in [5.74, 6) is 1.53. The van der Waals surface area contributed by atoms with Crippen molar-refractivity contribution in [2.75, 3.05) is 20.8 Å². The van der Waals surface area contributed by atoms with Gasteiger partial charge in [-0.3, -0.25) is 0 Å². The molecule has 0 saturated carbocycles. The third kappa shape index (κ3) is 3.42. The maximum absolute atomic E-state index is 6.33. The number of nitrogens with one attached hydrogen (secondary N) is 1. The number of hydrogen-bond donors (Lipinski definition) is 1. The number of hydrogen-bond acceptors (Lipinski definition) is 3. The Kier molecular flexibility index (Phi) is 5.00. The van der Waals surface area contributed by atoms with Crippen LogP contribution in [0.3, 0.4) is 0 Å². The highest BCUT2D eigenvalue weighted by molar-refractivity contribution is 6.35. The molecule has 1 unspecified atom stereocenters. The molecule has 2 aromatic rings. The number of halogens is 2. The zero-order valence-electron chi connectivity index (χ0n) is 13.2. The molecular weight excluding hydrogens is 333 g/mol. The molecule has 0 aliphatic carbocycles. The SMILES string of the molecule is COc1cc2c(cc1OC)C(Cc1ccc(Cl)cc1Cl)NCC2. The molecule has 23 heavy (non-hydrogen) atoms. The van der Waals surface area contributed by atoms with Gasteiger partial charge in [0.15, 0.2) is 11.5 Å². The highest BCUT2D eigenvalue weighted by atomic mass is 35.5. The summed E-state index contributed by atoms with van der Waals surface area (Å²) < 4.78 is 10.9. The van der Waals surface area contributed by atoms with Crippen molar-refractivity contribution in [3.63, 3.8) is 0 Å². The average Bonchev–Trinajstić information content (AvgIpc) is 2.56. The fraction of sp³-hybridized carbons (Fsp3) is 0.333. The van der Waals surface area contributed by atoms with E-state index in [4.69, 9.17) is 32.7 Å².